The molecule has 6 atom stereocenters. The van der Waals surface area contributed by atoms with Crippen molar-refractivity contribution in [2.24, 2.45) is 0 Å². The second kappa shape index (κ2) is 22.2. The monoisotopic (exact) mass is 902 g/mol. The molecule has 0 amide bonds. The molecule has 0 aliphatic heterocycles. The van der Waals surface area contributed by atoms with Crippen molar-refractivity contribution in [1.82, 2.24) is 0 Å². The van der Waals surface area contributed by atoms with Crippen molar-refractivity contribution < 1.29 is 30.5 Å². The van der Waals surface area contributed by atoms with E-state index in [4.69, 9.17) is 0 Å². The Labute approximate surface area is 294 Å². The summed E-state index contributed by atoms with van der Waals surface area (Å²) in [5.41, 5.74) is 0. The van der Waals surface area contributed by atoms with Gasteiger partial charge in [-0.15, -0.1) is 12.4 Å². The molecule has 45 heavy (non-hydrogen) atoms. The van der Waals surface area contributed by atoms with Gasteiger partial charge in [-0.25, -0.2) is 0 Å². The molecule has 6 aromatic rings. The van der Waals surface area contributed by atoms with Crippen molar-refractivity contribution in [2.45, 2.75) is 0 Å². The predicted octanol–water partition coefficient (Wildman–Crippen LogP) is 9.14. The van der Waals surface area contributed by atoms with E-state index in [1.165, 1.54) is 31.8 Å². The Balaban J connectivity index is 0.000000200. The summed E-state index contributed by atoms with van der Waals surface area (Å²) >= 11 is -1.17. The minimum atomic E-state index is -0.583. The third kappa shape index (κ3) is 14.7. The van der Waals surface area contributed by atoms with E-state index in [9.17, 15) is 0 Å². The molecular weight excluding hydrogens is 867 g/mol. The van der Waals surface area contributed by atoms with Gasteiger partial charge < -0.3 is 0 Å². The number of hydrogen-bond donors (Lipinski definition) is 0. The first-order valence-electron chi connectivity index (χ1n) is 13.9. The molecule has 6 aromatic carbocycles. The van der Waals surface area contributed by atoms with Gasteiger partial charge in [-0.3, -0.25) is 0 Å². The Morgan fingerprint density at radius 1 is 0.222 bits per heavy atom. The fraction of sp³-hybridized carbons (Fsp3) is 0. The van der Waals surface area contributed by atoms with Crippen LogP contribution in [0.4, 0.5) is 0 Å². The molecule has 0 aromatic heterocycles. The molecule has 0 bridgehead atoms. The molecule has 0 saturated carbocycles. The Bertz CT molecular complexity index is 1280. The van der Waals surface area contributed by atoms with Crippen LogP contribution in [0.1, 0.15) is 0 Å². The van der Waals surface area contributed by atoms with E-state index in [0.717, 1.165) is 40.6 Å². The van der Waals surface area contributed by atoms with Gasteiger partial charge in [0.2, 0.25) is 0 Å². The van der Waals surface area contributed by atoms with Gasteiger partial charge in [0.1, 0.15) is 0 Å². The van der Waals surface area contributed by atoms with E-state index in [-0.39, 0.29) is 12.4 Å². The average Bonchev–Trinajstić information content (AvgIpc) is 3.08. The van der Waals surface area contributed by atoms with E-state index >= 15 is 0 Å². The third-order valence-corrected chi connectivity index (χ3v) is 41.6. The normalized spacial score (nSPS) is 12.5. The molecule has 0 aliphatic carbocycles. The van der Waals surface area contributed by atoms with Crippen LogP contribution in [0.3, 0.4) is 0 Å². The second-order valence-electron chi connectivity index (χ2n) is 9.14. The number of halogens is 1. The Hall–Kier alpha value is -0.485. The molecule has 238 valence electrons. The minimum absolute atomic E-state index is 0. The summed E-state index contributed by atoms with van der Waals surface area (Å²) in [5, 5.41) is 9.14. The van der Waals surface area contributed by atoms with Crippen LogP contribution in [-0.2, 0) is 30.5 Å². The third-order valence-electron chi connectivity index (χ3n) is 5.66. The first kappa shape index (κ1) is 37.3. The van der Waals surface area contributed by atoms with Crippen molar-refractivity contribution in [3.05, 3.63) is 182 Å². The van der Waals surface area contributed by atoms with Gasteiger partial charge >= 0.3 is 285 Å². The maximum absolute atomic E-state index is 2.29. The molecule has 0 N–H and O–H groups in total. The van der Waals surface area contributed by atoms with Crippen LogP contribution in [0.15, 0.2) is 182 Å². The molecule has 0 spiro atoms. The van der Waals surface area contributed by atoms with Crippen LogP contribution in [0.2, 0.25) is 0 Å². The van der Waals surface area contributed by atoms with E-state index in [1.807, 2.05) is 0 Å². The summed E-state index contributed by atoms with van der Waals surface area (Å²) in [6.07, 6.45) is 0. The summed E-state index contributed by atoms with van der Waals surface area (Å²) in [6.45, 7) is 5.93. The van der Waals surface area contributed by atoms with Crippen LogP contribution in [0.25, 0.3) is 0 Å². The van der Waals surface area contributed by atoms with Crippen molar-refractivity contribution >= 4 is 84.9 Å². The molecule has 0 fully saturated rings. The molecule has 0 nitrogen and oxygen atoms in total. The fourth-order valence-corrected chi connectivity index (χ4v) is 44.9. The van der Waals surface area contributed by atoms with E-state index in [1.54, 1.807) is 0 Å². The summed E-state index contributed by atoms with van der Waals surface area (Å²) in [5.74, 6) is 0. The Morgan fingerprint density at radius 2 is 0.356 bits per heavy atom. The van der Waals surface area contributed by atoms with Crippen LogP contribution >= 0.6 is 53.0 Å². The molecule has 0 aliphatic rings. The molecular formula is C36H37ClP6Pd2. The zero-order valence-corrected chi connectivity index (χ0v) is 34.3. The van der Waals surface area contributed by atoms with Gasteiger partial charge in [-0.05, 0) is 0 Å². The first-order valence-corrected chi connectivity index (χ1v) is 32.8. The molecule has 0 saturated heterocycles. The molecule has 6 unspecified atom stereocenters. The van der Waals surface area contributed by atoms with Crippen LogP contribution in [0.5, 0.6) is 0 Å². The number of benzene rings is 6. The molecule has 0 radical (unpaired) electrons. The zero-order chi connectivity index (χ0) is 30.1. The Kier molecular flexibility index (Phi) is 18.4. The maximum atomic E-state index is 2.29. The molecule has 9 heteroatoms. The van der Waals surface area contributed by atoms with Crippen LogP contribution in [0, 0.1) is 0 Å². The Morgan fingerprint density at radius 3 is 0.489 bits per heavy atom. The summed E-state index contributed by atoms with van der Waals surface area (Å²) in [7, 11) is 0. The topological polar surface area (TPSA) is 0 Å². The average molecular weight is 904 g/mol. The van der Waals surface area contributed by atoms with Crippen LogP contribution in [-0.4, -0.2) is 0 Å². The summed E-state index contributed by atoms with van der Waals surface area (Å²) < 4.78 is 0. The second-order valence-corrected chi connectivity index (χ2v) is 45.3. The van der Waals surface area contributed by atoms with Crippen molar-refractivity contribution in [3.8, 4) is 0 Å². The fourth-order valence-electron chi connectivity index (χ4n) is 3.61. The van der Waals surface area contributed by atoms with E-state index in [2.05, 4.69) is 182 Å². The van der Waals surface area contributed by atoms with Gasteiger partial charge in [-0.1, -0.05) is 0 Å². The first-order chi connectivity index (χ1) is 21.8. The SMILES string of the molecule is Cl.c1ccc([PH][Pd]([PH]c2ccccc2)[PH]c2ccccc2)cc1.c1ccc([PH][Pd]([PH]c2ccccc2)[PH]c2ccccc2)cc1. The predicted molar refractivity (Wildman–Crippen MR) is 214 cm³/mol. The molecule has 6 rings (SSSR count). The van der Waals surface area contributed by atoms with E-state index < -0.39 is 30.5 Å². The van der Waals surface area contributed by atoms with Crippen molar-refractivity contribution in [2.75, 3.05) is 0 Å². The summed E-state index contributed by atoms with van der Waals surface area (Å²) in [4.78, 5) is 0. The standard InChI is InChI=1S/6C6H6P.ClH.2Pd/c6*7-6-4-2-1-3-5-6;;;/h6*1-5,7H;1H;;/q6*-1;;2*+3. The number of rotatable bonds is 12. The zero-order valence-electron chi connectivity index (χ0n) is 24.4. The number of hydrogen-bond acceptors (Lipinski definition) is 0. The van der Waals surface area contributed by atoms with Gasteiger partial charge in [0, 0.05) is 0 Å². The van der Waals surface area contributed by atoms with Crippen LogP contribution < -0.4 is 31.8 Å². The van der Waals surface area contributed by atoms with Crippen molar-refractivity contribution in [1.29, 1.82) is 0 Å². The van der Waals surface area contributed by atoms with Gasteiger partial charge in [0.05, 0.1) is 0 Å². The molecule has 0 heterocycles. The quantitative estimate of drug-likeness (QED) is 0.0850. The van der Waals surface area contributed by atoms with Gasteiger partial charge in [0.15, 0.2) is 0 Å². The van der Waals surface area contributed by atoms with Gasteiger partial charge in [0.25, 0.3) is 0 Å². The summed E-state index contributed by atoms with van der Waals surface area (Å²) in [6, 6.07) is 66.2. The van der Waals surface area contributed by atoms with Crippen molar-refractivity contribution in [3.63, 3.8) is 0 Å². The van der Waals surface area contributed by atoms with E-state index in [0.29, 0.717) is 0 Å². The van der Waals surface area contributed by atoms with Gasteiger partial charge in [-0.2, -0.15) is 0 Å².